The van der Waals surface area contributed by atoms with E-state index in [-0.39, 0.29) is 17.9 Å². The molecule has 0 radical (unpaired) electrons. The fourth-order valence-corrected chi connectivity index (χ4v) is 2.26. The molecule has 0 spiro atoms. The third kappa shape index (κ3) is 3.22. The number of nitrogens with one attached hydrogen (secondary N) is 1. The molecule has 0 aromatic carbocycles. The molecule has 1 heterocycles. The van der Waals surface area contributed by atoms with Crippen LogP contribution in [-0.2, 0) is 9.59 Å². The second kappa shape index (κ2) is 5.69. The molecular formula is C13H23N3O2. The van der Waals surface area contributed by atoms with Crippen LogP contribution in [-0.4, -0.2) is 59.9 Å². The molecule has 1 aliphatic heterocycles. The Morgan fingerprint density at radius 1 is 1.22 bits per heavy atom. The number of amides is 2. The van der Waals surface area contributed by atoms with Crippen molar-refractivity contribution < 1.29 is 9.59 Å². The first-order valence-corrected chi connectivity index (χ1v) is 6.93. The Bertz CT molecular complexity index is 326. The second-order valence-electron chi connectivity index (χ2n) is 5.47. The summed E-state index contributed by atoms with van der Waals surface area (Å²) in [5, 5.41) is 3.42. The standard InChI is InChI=1S/C13H23N3O2/c1-10(2)16-9-8-15(12(17)13(16)18)7-3-6-14-11-4-5-11/h10-11,14H,3-9H2,1-2H3. The fourth-order valence-electron chi connectivity index (χ4n) is 2.26. The van der Waals surface area contributed by atoms with Gasteiger partial charge in [-0.3, -0.25) is 9.59 Å². The maximum atomic E-state index is 11.9. The molecule has 18 heavy (non-hydrogen) atoms. The van der Waals surface area contributed by atoms with Crippen LogP contribution in [0.4, 0.5) is 0 Å². The highest BCUT2D eigenvalue weighted by Gasteiger charge is 2.33. The van der Waals surface area contributed by atoms with E-state index >= 15 is 0 Å². The molecule has 0 aromatic heterocycles. The predicted molar refractivity (Wildman–Crippen MR) is 69.1 cm³/mol. The molecule has 2 fully saturated rings. The van der Waals surface area contributed by atoms with E-state index in [1.165, 1.54) is 12.8 Å². The summed E-state index contributed by atoms with van der Waals surface area (Å²) >= 11 is 0. The molecule has 0 aromatic rings. The number of hydrogen-bond acceptors (Lipinski definition) is 3. The van der Waals surface area contributed by atoms with E-state index in [0.29, 0.717) is 25.7 Å². The molecule has 0 unspecified atom stereocenters. The number of nitrogens with zero attached hydrogens (tertiary/aromatic N) is 2. The van der Waals surface area contributed by atoms with Crippen molar-refractivity contribution in [1.82, 2.24) is 15.1 Å². The minimum atomic E-state index is -0.341. The Hall–Kier alpha value is -1.10. The second-order valence-corrected chi connectivity index (χ2v) is 5.47. The lowest BCUT2D eigenvalue weighted by atomic mass is 10.2. The summed E-state index contributed by atoms with van der Waals surface area (Å²) in [4.78, 5) is 27.1. The highest BCUT2D eigenvalue weighted by Crippen LogP contribution is 2.18. The zero-order valence-electron chi connectivity index (χ0n) is 11.3. The SMILES string of the molecule is CC(C)N1CCN(CCCNC2CC2)C(=O)C1=O. The summed E-state index contributed by atoms with van der Waals surface area (Å²) in [7, 11) is 0. The van der Waals surface area contributed by atoms with Crippen molar-refractivity contribution in [3.8, 4) is 0 Å². The van der Waals surface area contributed by atoms with Gasteiger partial charge < -0.3 is 15.1 Å². The van der Waals surface area contributed by atoms with Crippen LogP contribution in [0.3, 0.4) is 0 Å². The Labute approximate surface area is 108 Å². The summed E-state index contributed by atoms with van der Waals surface area (Å²) in [6, 6.07) is 0.820. The van der Waals surface area contributed by atoms with E-state index in [2.05, 4.69) is 5.32 Å². The quantitative estimate of drug-likeness (QED) is 0.544. The van der Waals surface area contributed by atoms with Gasteiger partial charge in [-0.05, 0) is 39.7 Å². The van der Waals surface area contributed by atoms with Crippen molar-refractivity contribution in [1.29, 1.82) is 0 Å². The monoisotopic (exact) mass is 253 g/mol. The first kappa shape index (κ1) is 13.3. The predicted octanol–water partition coefficient (Wildman–Crippen LogP) is 0.208. The maximum absolute atomic E-state index is 11.9. The minimum Gasteiger partial charge on any atom is -0.333 e. The van der Waals surface area contributed by atoms with Gasteiger partial charge in [0.2, 0.25) is 0 Å². The largest absolute Gasteiger partial charge is 0.333 e. The fraction of sp³-hybridized carbons (Fsp3) is 0.846. The van der Waals surface area contributed by atoms with Crippen LogP contribution in [0.25, 0.3) is 0 Å². The van der Waals surface area contributed by atoms with Gasteiger partial charge in [-0.15, -0.1) is 0 Å². The number of carbonyl (C=O) groups is 2. The third-order valence-electron chi connectivity index (χ3n) is 3.58. The van der Waals surface area contributed by atoms with Gasteiger partial charge in [0.1, 0.15) is 0 Å². The molecule has 0 atom stereocenters. The highest BCUT2D eigenvalue weighted by molar-refractivity contribution is 6.35. The van der Waals surface area contributed by atoms with Gasteiger partial charge in [0.25, 0.3) is 0 Å². The zero-order valence-corrected chi connectivity index (χ0v) is 11.3. The van der Waals surface area contributed by atoms with Gasteiger partial charge in [0.15, 0.2) is 0 Å². The molecule has 0 bridgehead atoms. The van der Waals surface area contributed by atoms with E-state index in [0.717, 1.165) is 13.0 Å². The average molecular weight is 253 g/mol. The van der Waals surface area contributed by atoms with Crippen molar-refractivity contribution in [2.24, 2.45) is 0 Å². The lowest BCUT2D eigenvalue weighted by Gasteiger charge is -2.36. The van der Waals surface area contributed by atoms with Crippen LogP contribution in [0.1, 0.15) is 33.1 Å². The van der Waals surface area contributed by atoms with Crippen LogP contribution in [0.2, 0.25) is 0 Å². The van der Waals surface area contributed by atoms with Gasteiger partial charge in [-0.25, -0.2) is 0 Å². The maximum Gasteiger partial charge on any atom is 0.312 e. The molecule has 5 heteroatoms. The summed E-state index contributed by atoms with van der Waals surface area (Å²) in [5.74, 6) is -0.673. The smallest absolute Gasteiger partial charge is 0.312 e. The molecule has 1 aliphatic carbocycles. The molecule has 2 rings (SSSR count). The number of hydrogen-bond donors (Lipinski definition) is 1. The number of rotatable bonds is 6. The molecular weight excluding hydrogens is 230 g/mol. The first-order chi connectivity index (χ1) is 8.59. The Morgan fingerprint density at radius 3 is 2.56 bits per heavy atom. The van der Waals surface area contributed by atoms with Crippen LogP contribution in [0.5, 0.6) is 0 Å². The Balaban J connectivity index is 1.73. The average Bonchev–Trinajstić information content (AvgIpc) is 3.13. The first-order valence-electron chi connectivity index (χ1n) is 6.93. The summed E-state index contributed by atoms with van der Waals surface area (Å²) in [6.45, 7) is 6.86. The van der Waals surface area contributed by atoms with Crippen molar-refractivity contribution >= 4 is 11.8 Å². The molecule has 2 amide bonds. The molecule has 102 valence electrons. The van der Waals surface area contributed by atoms with Gasteiger partial charge >= 0.3 is 11.8 Å². The van der Waals surface area contributed by atoms with Gasteiger partial charge in [0.05, 0.1) is 0 Å². The van der Waals surface area contributed by atoms with Crippen LogP contribution < -0.4 is 5.32 Å². The van der Waals surface area contributed by atoms with E-state index in [9.17, 15) is 9.59 Å². The lowest BCUT2D eigenvalue weighted by Crippen LogP contribution is -2.56. The van der Waals surface area contributed by atoms with Gasteiger partial charge in [-0.2, -0.15) is 0 Å². The number of piperazine rings is 1. The van der Waals surface area contributed by atoms with E-state index in [4.69, 9.17) is 0 Å². The molecule has 2 aliphatic rings. The van der Waals surface area contributed by atoms with E-state index in [1.54, 1.807) is 9.80 Å². The van der Waals surface area contributed by atoms with E-state index in [1.807, 2.05) is 13.8 Å². The third-order valence-corrected chi connectivity index (χ3v) is 3.58. The normalized spacial score (nSPS) is 21.1. The van der Waals surface area contributed by atoms with Crippen molar-refractivity contribution in [2.45, 2.75) is 45.2 Å². The summed E-state index contributed by atoms with van der Waals surface area (Å²) in [6.07, 6.45) is 3.49. The lowest BCUT2D eigenvalue weighted by molar-refractivity contribution is -0.157. The van der Waals surface area contributed by atoms with E-state index < -0.39 is 0 Å². The van der Waals surface area contributed by atoms with Crippen LogP contribution in [0.15, 0.2) is 0 Å². The molecule has 1 saturated carbocycles. The Kier molecular flexibility index (Phi) is 4.22. The number of carbonyl (C=O) groups excluding carboxylic acids is 2. The topological polar surface area (TPSA) is 52.6 Å². The van der Waals surface area contributed by atoms with Crippen molar-refractivity contribution in [3.63, 3.8) is 0 Å². The van der Waals surface area contributed by atoms with Crippen molar-refractivity contribution in [2.75, 3.05) is 26.2 Å². The van der Waals surface area contributed by atoms with Crippen LogP contribution in [0, 0.1) is 0 Å². The Morgan fingerprint density at radius 2 is 1.94 bits per heavy atom. The molecule has 5 nitrogen and oxygen atoms in total. The minimum absolute atomic E-state index is 0.111. The molecule has 1 saturated heterocycles. The van der Waals surface area contributed by atoms with Gasteiger partial charge in [-0.1, -0.05) is 0 Å². The van der Waals surface area contributed by atoms with Crippen LogP contribution >= 0.6 is 0 Å². The molecule has 1 N–H and O–H groups in total. The van der Waals surface area contributed by atoms with Crippen molar-refractivity contribution in [3.05, 3.63) is 0 Å². The highest BCUT2D eigenvalue weighted by atomic mass is 16.2. The summed E-state index contributed by atoms with van der Waals surface area (Å²) < 4.78 is 0. The summed E-state index contributed by atoms with van der Waals surface area (Å²) in [5.41, 5.74) is 0. The zero-order chi connectivity index (χ0) is 13.1. The van der Waals surface area contributed by atoms with Gasteiger partial charge in [0, 0.05) is 31.7 Å².